The standard InChI is InChI=1S/2C11H11.2CH3.Si.Zr/c2*1-2-9-7-10-5-3-4-6-11(10)8-9;;;;/h2*3-8H,2H2,1H3;2*1H3;;/q4*-1;;. The van der Waals surface area contributed by atoms with Crippen LogP contribution in [-0.4, -0.2) is 6.88 Å². The van der Waals surface area contributed by atoms with Crippen LogP contribution in [0.15, 0.2) is 72.8 Å². The van der Waals surface area contributed by atoms with Crippen LogP contribution in [0.2, 0.25) is 0 Å². The number of hydrogen-bond acceptors (Lipinski definition) is 0. The Hall–Kier alpha value is -1.24. The molecule has 136 valence electrons. The van der Waals surface area contributed by atoms with E-state index in [0.717, 1.165) is 12.8 Å². The molecule has 0 aliphatic rings. The van der Waals surface area contributed by atoms with Gasteiger partial charge in [0.15, 0.2) is 0 Å². The van der Waals surface area contributed by atoms with E-state index >= 15 is 0 Å². The van der Waals surface area contributed by atoms with Gasteiger partial charge in [0.25, 0.3) is 0 Å². The van der Waals surface area contributed by atoms with E-state index in [4.69, 9.17) is 0 Å². The number of benzene rings is 2. The van der Waals surface area contributed by atoms with Crippen LogP contribution in [0.4, 0.5) is 0 Å². The zero-order valence-electron chi connectivity index (χ0n) is 16.3. The molecule has 0 N–H and O–H groups in total. The average molecular weight is 436 g/mol. The van der Waals surface area contributed by atoms with Crippen LogP contribution >= 0.6 is 0 Å². The Morgan fingerprint density at radius 1 is 0.692 bits per heavy atom. The first kappa shape index (κ1) is 24.8. The van der Waals surface area contributed by atoms with Crippen LogP contribution in [0, 0.1) is 14.9 Å². The monoisotopic (exact) mass is 434 g/mol. The SMILES string of the molecule is CCc1cc2ccccc2[cH-]1.CCc1cc2ccccc2[cH-]1.[CH3-].[CH3-].[Si]=[Zr]. The van der Waals surface area contributed by atoms with Gasteiger partial charge >= 0.3 is 30.2 Å². The molecule has 4 rings (SSSR count). The van der Waals surface area contributed by atoms with Crippen LogP contribution in [-0.2, 0) is 36.2 Å². The molecule has 0 aromatic heterocycles. The predicted molar refractivity (Wildman–Crippen MR) is 116 cm³/mol. The van der Waals surface area contributed by atoms with Gasteiger partial charge in [-0.3, -0.25) is 0 Å². The van der Waals surface area contributed by atoms with Crippen LogP contribution in [0.3, 0.4) is 0 Å². The summed E-state index contributed by atoms with van der Waals surface area (Å²) >= 11 is 1.36. The van der Waals surface area contributed by atoms with Gasteiger partial charge in [0, 0.05) is 0 Å². The van der Waals surface area contributed by atoms with E-state index in [1.165, 1.54) is 56.0 Å². The van der Waals surface area contributed by atoms with Crippen molar-refractivity contribution in [3.05, 3.63) is 98.8 Å². The zero-order valence-corrected chi connectivity index (χ0v) is 19.8. The fourth-order valence-corrected chi connectivity index (χ4v) is 2.84. The molecule has 0 atom stereocenters. The van der Waals surface area contributed by atoms with Gasteiger partial charge in [-0.25, -0.2) is 0 Å². The minimum absolute atomic E-state index is 0. The summed E-state index contributed by atoms with van der Waals surface area (Å²) in [4.78, 5) is 0. The molecule has 2 heteroatoms. The van der Waals surface area contributed by atoms with Gasteiger partial charge in [-0.2, -0.15) is 12.1 Å². The molecule has 26 heavy (non-hydrogen) atoms. The van der Waals surface area contributed by atoms with Crippen molar-refractivity contribution in [2.45, 2.75) is 26.7 Å². The number of rotatable bonds is 2. The van der Waals surface area contributed by atoms with E-state index in [2.05, 4.69) is 93.5 Å². The van der Waals surface area contributed by atoms with Gasteiger partial charge in [-0.1, -0.05) is 26.0 Å². The second-order valence-corrected chi connectivity index (χ2v) is 5.69. The quantitative estimate of drug-likeness (QED) is 0.241. The van der Waals surface area contributed by atoms with Crippen LogP contribution in [0.25, 0.3) is 21.5 Å². The van der Waals surface area contributed by atoms with Crippen molar-refractivity contribution in [3.8, 4) is 0 Å². The molecule has 4 aromatic carbocycles. The molecule has 0 aliphatic heterocycles. The van der Waals surface area contributed by atoms with E-state index in [0.29, 0.717) is 0 Å². The molecule has 0 amide bonds. The Morgan fingerprint density at radius 2 is 1.04 bits per heavy atom. The summed E-state index contributed by atoms with van der Waals surface area (Å²) in [5.74, 6) is 0. The molecule has 0 saturated carbocycles. The summed E-state index contributed by atoms with van der Waals surface area (Å²) in [6, 6.07) is 26.0. The fraction of sp³-hybridized carbons (Fsp3) is 0.167. The van der Waals surface area contributed by atoms with Gasteiger partial charge in [0.2, 0.25) is 0 Å². The van der Waals surface area contributed by atoms with E-state index in [1.54, 1.807) is 0 Å². The van der Waals surface area contributed by atoms with Crippen molar-refractivity contribution < 1.29 is 23.3 Å². The maximum atomic E-state index is 3.06. The third kappa shape index (κ3) is 6.49. The van der Waals surface area contributed by atoms with Crippen LogP contribution < -0.4 is 0 Å². The molecular weight excluding hydrogens is 408 g/mol. The Balaban J connectivity index is 0.000000410. The molecule has 0 unspecified atom stereocenters. The van der Waals surface area contributed by atoms with Gasteiger partial charge in [-0.15, -0.1) is 81.2 Å². The summed E-state index contributed by atoms with van der Waals surface area (Å²) < 4.78 is 0. The third-order valence-corrected chi connectivity index (χ3v) is 4.17. The molecule has 0 aliphatic carbocycles. The molecule has 0 saturated heterocycles. The van der Waals surface area contributed by atoms with Crippen molar-refractivity contribution in [1.82, 2.24) is 0 Å². The first-order chi connectivity index (χ1) is 11.8. The maximum absolute atomic E-state index is 3.06. The second kappa shape index (κ2) is 13.0. The molecule has 0 nitrogen and oxygen atoms in total. The number of aryl methyl sites for hydroxylation is 2. The normalized spacial score (nSPS) is 9.12. The van der Waals surface area contributed by atoms with E-state index < -0.39 is 0 Å². The van der Waals surface area contributed by atoms with Gasteiger partial charge in [0.1, 0.15) is 0 Å². The zero-order chi connectivity index (χ0) is 17.4. The molecule has 0 spiro atoms. The van der Waals surface area contributed by atoms with Gasteiger partial charge < -0.3 is 14.9 Å². The minimum atomic E-state index is 0. The predicted octanol–water partition coefficient (Wildman–Crippen LogP) is 6.76. The number of hydrogen-bond donors (Lipinski definition) is 0. The van der Waals surface area contributed by atoms with E-state index in [1.807, 2.05) is 0 Å². The second-order valence-electron chi connectivity index (χ2n) is 5.69. The summed E-state index contributed by atoms with van der Waals surface area (Å²) in [5, 5.41) is 5.46. The molecular formula is C24H28SiZr-4. The summed E-state index contributed by atoms with van der Waals surface area (Å²) in [5.41, 5.74) is 2.87. The van der Waals surface area contributed by atoms with Crippen molar-refractivity contribution in [2.75, 3.05) is 0 Å². The Bertz CT molecular complexity index is 745. The Kier molecular flexibility index (Phi) is 12.4. The van der Waals surface area contributed by atoms with Crippen molar-refractivity contribution >= 4 is 28.4 Å². The summed E-state index contributed by atoms with van der Waals surface area (Å²) in [7, 11) is 0. The summed E-state index contributed by atoms with van der Waals surface area (Å²) in [6.45, 7) is 7.44. The Morgan fingerprint density at radius 3 is 1.35 bits per heavy atom. The van der Waals surface area contributed by atoms with Crippen molar-refractivity contribution in [3.63, 3.8) is 0 Å². The Labute approximate surface area is 176 Å². The fourth-order valence-electron chi connectivity index (χ4n) is 2.84. The third-order valence-electron chi connectivity index (χ3n) is 4.17. The van der Waals surface area contributed by atoms with Crippen LogP contribution in [0.1, 0.15) is 25.0 Å². The van der Waals surface area contributed by atoms with E-state index in [-0.39, 0.29) is 14.9 Å². The molecule has 0 heterocycles. The van der Waals surface area contributed by atoms with E-state index in [9.17, 15) is 0 Å². The molecule has 2 radical (unpaired) electrons. The van der Waals surface area contributed by atoms with Gasteiger partial charge in [0.05, 0.1) is 0 Å². The van der Waals surface area contributed by atoms with Crippen molar-refractivity contribution in [2.24, 2.45) is 0 Å². The first-order valence-electron chi connectivity index (χ1n) is 8.34. The topological polar surface area (TPSA) is 0 Å². The summed E-state index contributed by atoms with van der Waals surface area (Å²) in [6.07, 6.45) is 2.27. The van der Waals surface area contributed by atoms with Crippen molar-refractivity contribution in [1.29, 1.82) is 0 Å². The molecule has 0 fully saturated rings. The molecule has 4 aromatic rings. The average Bonchev–Trinajstić information content (AvgIpc) is 3.27. The van der Waals surface area contributed by atoms with Crippen LogP contribution in [0.5, 0.6) is 0 Å². The first-order valence-corrected chi connectivity index (χ1v) is 12.5. The van der Waals surface area contributed by atoms with Gasteiger partial charge in [-0.05, 0) is 12.8 Å². The molecule has 0 bridgehead atoms. The number of fused-ring (bicyclic) bond motifs is 2.